The highest BCUT2D eigenvalue weighted by Crippen LogP contribution is 2.33. The van der Waals surface area contributed by atoms with Crippen molar-refractivity contribution in [3.8, 4) is 0 Å². The molecule has 0 saturated carbocycles. The van der Waals surface area contributed by atoms with Gasteiger partial charge in [-0.3, -0.25) is 0 Å². The SMILES string of the molecule is Cc1c(Cl)nnc(N2CC(C)(C)OC(C)(C)C2)c1C. The molecule has 1 saturated heterocycles. The zero-order valence-electron chi connectivity index (χ0n) is 12.5. The Balaban J connectivity index is 2.39. The molecule has 0 aliphatic carbocycles. The number of aromatic nitrogens is 2. The minimum Gasteiger partial charge on any atom is -0.366 e. The number of hydrogen-bond donors (Lipinski definition) is 0. The van der Waals surface area contributed by atoms with Crippen molar-refractivity contribution < 1.29 is 4.74 Å². The molecule has 0 atom stereocenters. The molecule has 4 nitrogen and oxygen atoms in total. The van der Waals surface area contributed by atoms with E-state index in [1.54, 1.807) is 0 Å². The van der Waals surface area contributed by atoms with Crippen molar-refractivity contribution in [2.75, 3.05) is 18.0 Å². The van der Waals surface area contributed by atoms with Crippen LogP contribution in [0.3, 0.4) is 0 Å². The normalized spacial score (nSPS) is 21.5. The fourth-order valence-corrected chi connectivity index (χ4v) is 2.98. The lowest BCUT2D eigenvalue weighted by molar-refractivity contribution is -0.133. The van der Waals surface area contributed by atoms with Gasteiger partial charge < -0.3 is 9.64 Å². The highest BCUT2D eigenvalue weighted by molar-refractivity contribution is 6.30. The molecule has 1 aliphatic heterocycles. The van der Waals surface area contributed by atoms with E-state index in [-0.39, 0.29) is 11.2 Å². The average molecular weight is 284 g/mol. The second kappa shape index (κ2) is 4.60. The summed E-state index contributed by atoms with van der Waals surface area (Å²) in [6, 6.07) is 0. The first-order chi connectivity index (χ1) is 8.61. The van der Waals surface area contributed by atoms with Gasteiger partial charge in [0.05, 0.1) is 11.2 Å². The monoisotopic (exact) mass is 283 g/mol. The molecule has 106 valence electrons. The summed E-state index contributed by atoms with van der Waals surface area (Å²) in [5, 5.41) is 8.80. The van der Waals surface area contributed by atoms with Crippen LogP contribution in [0.2, 0.25) is 5.15 Å². The third-order valence-electron chi connectivity index (χ3n) is 3.44. The summed E-state index contributed by atoms with van der Waals surface area (Å²) in [6.45, 7) is 14.0. The van der Waals surface area contributed by atoms with Crippen LogP contribution in [0, 0.1) is 13.8 Å². The van der Waals surface area contributed by atoms with Gasteiger partial charge in [-0.25, -0.2) is 0 Å². The van der Waals surface area contributed by atoms with Gasteiger partial charge in [0.2, 0.25) is 0 Å². The average Bonchev–Trinajstić information content (AvgIpc) is 2.21. The molecule has 0 amide bonds. The highest BCUT2D eigenvalue weighted by Gasteiger charge is 2.39. The zero-order valence-corrected chi connectivity index (χ0v) is 13.3. The topological polar surface area (TPSA) is 38.2 Å². The van der Waals surface area contributed by atoms with Crippen LogP contribution in [0.4, 0.5) is 5.82 Å². The Bertz CT molecular complexity index is 484. The van der Waals surface area contributed by atoms with E-state index in [0.29, 0.717) is 5.15 Å². The Hall–Kier alpha value is -0.870. The van der Waals surface area contributed by atoms with Gasteiger partial charge in [-0.05, 0) is 52.7 Å². The number of hydrogen-bond acceptors (Lipinski definition) is 4. The van der Waals surface area contributed by atoms with Crippen LogP contribution in [0.15, 0.2) is 0 Å². The Kier molecular flexibility index (Phi) is 3.52. The van der Waals surface area contributed by atoms with Crippen molar-refractivity contribution in [3.63, 3.8) is 0 Å². The summed E-state index contributed by atoms with van der Waals surface area (Å²) in [7, 11) is 0. The van der Waals surface area contributed by atoms with Crippen LogP contribution in [-0.2, 0) is 4.74 Å². The van der Waals surface area contributed by atoms with E-state index in [9.17, 15) is 0 Å². The van der Waals surface area contributed by atoms with Gasteiger partial charge in [-0.1, -0.05) is 11.6 Å². The minimum atomic E-state index is -0.205. The van der Waals surface area contributed by atoms with E-state index >= 15 is 0 Å². The quantitative estimate of drug-likeness (QED) is 0.794. The van der Waals surface area contributed by atoms with Crippen molar-refractivity contribution in [2.45, 2.75) is 52.7 Å². The van der Waals surface area contributed by atoms with E-state index in [1.807, 2.05) is 13.8 Å². The predicted molar refractivity (Wildman–Crippen MR) is 78.0 cm³/mol. The molecule has 1 aliphatic rings. The molecular formula is C14H22ClN3O. The van der Waals surface area contributed by atoms with Gasteiger partial charge >= 0.3 is 0 Å². The Morgan fingerprint density at radius 2 is 1.53 bits per heavy atom. The summed E-state index contributed by atoms with van der Waals surface area (Å²) in [5.74, 6) is 0.909. The maximum Gasteiger partial charge on any atom is 0.155 e. The summed E-state index contributed by atoms with van der Waals surface area (Å²) in [5.41, 5.74) is 1.68. The molecule has 0 unspecified atom stereocenters. The lowest BCUT2D eigenvalue weighted by Crippen LogP contribution is -2.57. The lowest BCUT2D eigenvalue weighted by Gasteiger charge is -2.47. The van der Waals surface area contributed by atoms with Crippen LogP contribution in [0.1, 0.15) is 38.8 Å². The van der Waals surface area contributed by atoms with Crippen LogP contribution in [0.25, 0.3) is 0 Å². The molecule has 1 aromatic rings. The van der Waals surface area contributed by atoms with Crippen molar-refractivity contribution in [1.29, 1.82) is 0 Å². The summed E-state index contributed by atoms with van der Waals surface area (Å²) >= 11 is 6.02. The van der Waals surface area contributed by atoms with E-state index in [1.165, 1.54) is 0 Å². The smallest absolute Gasteiger partial charge is 0.155 e. The van der Waals surface area contributed by atoms with Gasteiger partial charge in [-0.15, -0.1) is 10.2 Å². The molecule has 0 N–H and O–H groups in total. The maximum atomic E-state index is 6.09. The third kappa shape index (κ3) is 3.00. The lowest BCUT2D eigenvalue weighted by atomic mass is 9.98. The number of rotatable bonds is 1. The van der Waals surface area contributed by atoms with E-state index in [2.05, 4.69) is 42.8 Å². The number of anilines is 1. The van der Waals surface area contributed by atoms with Crippen LogP contribution in [-0.4, -0.2) is 34.5 Å². The fourth-order valence-electron chi connectivity index (χ4n) is 2.80. The first-order valence-corrected chi connectivity index (χ1v) is 6.94. The molecule has 0 bridgehead atoms. The van der Waals surface area contributed by atoms with Crippen LogP contribution < -0.4 is 4.90 Å². The molecule has 2 heterocycles. The maximum absolute atomic E-state index is 6.09. The standard InChI is InChI=1S/C14H22ClN3O/c1-9-10(2)12(17-16-11(9)15)18-7-13(3,4)19-14(5,6)8-18/h7-8H2,1-6H3. The second-order valence-electron chi connectivity index (χ2n) is 6.54. The van der Waals surface area contributed by atoms with Crippen LogP contribution in [0.5, 0.6) is 0 Å². The molecule has 19 heavy (non-hydrogen) atoms. The number of ether oxygens (including phenoxy) is 1. The first-order valence-electron chi connectivity index (χ1n) is 6.56. The molecule has 1 fully saturated rings. The Labute approximate surface area is 120 Å². The van der Waals surface area contributed by atoms with Crippen molar-refractivity contribution in [2.24, 2.45) is 0 Å². The third-order valence-corrected chi connectivity index (χ3v) is 3.79. The van der Waals surface area contributed by atoms with Crippen LogP contribution >= 0.6 is 11.6 Å². The van der Waals surface area contributed by atoms with Gasteiger partial charge in [0.15, 0.2) is 11.0 Å². The molecule has 2 rings (SSSR count). The van der Waals surface area contributed by atoms with Crippen molar-refractivity contribution in [1.82, 2.24) is 10.2 Å². The molecule has 1 aromatic heterocycles. The first kappa shape index (κ1) is 14.5. The molecule has 5 heteroatoms. The summed E-state index contributed by atoms with van der Waals surface area (Å²) in [6.07, 6.45) is 0. The van der Waals surface area contributed by atoms with Gasteiger partial charge in [0, 0.05) is 13.1 Å². The second-order valence-corrected chi connectivity index (χ2v) is 6.90. The summed E-state index contributed by atoms with van der Waals surface area (Å²) in [4.78, 5) is 2.25. The van der Waals surface area contributed by atoms with Gasteiger partial charge in [0.25, 0.3) is 0 Å². The summed E-state index contributed by atoms with van der Waals surface area (Å²) < 4.78 is 6.09. The molecular weight excluding hydrogens is 262 g/mol. The Morgan fingerprint density at radius 1 is 1.00 bits per heavy atom. The molecule has 0 aromatic carbocycles. The molecule has 0 spiro atoms. The highest BCUT2D eigenvalue weighted by atomic mass is 35.5. The van der Waals surface area contributed by atoms with Gasteiger partial charge in [0.1, 0.15) is 0 Å². The van der Waals surface area contributed by atoms with Crippen molar-refractivity contribution >= 4 is 17.4 Å². The van der Waals surface area contributed by atoms with E-state index in [4.69, 9.17) is 16.3 Å². The number of morpholine rings is 1. The van der Waals surface area contributed by atoms with Crippen molar-refractivity contribution in [3.05, 3.63) is 16.3 Å². The van der Waals surface area contributed by atoms with E-state index < -0.39 is 0 Å². The largest absolute Gasteiger partial charge is 0.366 e. The van der Waals surface area contributed by atoms with Gasteiger partial charge in [-0.2, -0.15) is 0 Å². The minimum absolute atomic E-state index is 0.205. The number of halogens is 1. The number of nitrogens with zero attached hydrogens (tertiary/aromatic N) is 3. The molecule has 0 radical (unpaired) electrons. The zero-order chi connectivity index (χ0) is 14.4. The predicted octanol–water partition coefficient (Wildman–Crippen LogP) is 3.14. The Morgan fingerprint density at radius 3 is 2.05 bits per heavy atom. The fraction of sp³-hybridized carbons (Fsp3) is 0.714. The van der Waals surface area contributed by atoms with E-state index in [0.717, 1.165) is 30.0 Å².